The fourth-order valence-electron chi connectivity index (χ4n) is 5.29. The molecule has 2 heteroatoms. The Balaban J connectivity index is 1.83. The second-order valence-electron chi connectivity index (χ2n) is 5.29. The van der Waals surface area contributed by atoms with Gasteiger partial charge in [0.05, 0.1) is 5.41 Å². The summed E-state index contributed by atoms with van der Waals surface area (Å²) in [5, 5.41) is 9.17. The number of hydrogen-bond donors (Lipinski definition) is 1. The van der Waals surface area contributed by atoms with Crippen LogP contribution in [-0.4, -0.2) is 11.1 Å². The lowest BCUT2D eigenvalue weighted by atomic mass is 9.13. The number of aliphatic carboxylic acids is 1. The van der Waals surface area contributed by atoms with E-state index in [-0.39, 0.29) is 5.41 Å². The van der Waals surface area contributed by atoms with Gasteiger partial charge in [-0.05, 0) is 48.9 Å². The van der Waals surface area contributed by atoms with Gasteiger partial charge in [-0.2, -0.15) is 0 Å². The van der Waals surface area contributed by atoms with Crippen LogP contribution >= 0.6 is 0 Å². The summed E-state index contributed by atoms with van der Waals surface area (Å²) in [6.45, 7) is 0. The van der Waals surface area contributed by atoms with Gasteiger partial charge in [-0.15, -0.1) is 0 Å². The average Bonchev–Trinajstić information content (AvgIpc) is 1.78. The Hall–Kier alpha value is -0.530. The van der Waals surface area contributed by atoms with Crippen LogP contribution in [0.1, 0.15) is 25.7 Å². The van der Waals surface area contributed by atoms with Gasteiger partial charge in [0.25, 0.3) is 0 Å². The third-order valence-corrected chi connectivity index (χ3v) is 5.59. The largest absolute Gasteiger partial charge is 0.481 e. The van der Waals surface area contributed by atoms with E-state index in [1.807, 2.05) is 0 Å². The maximum atomic E-state index is 11.1. The molecule has 4 saturated carbocycles. The molecule has 0 aromatic rings. The normalized spacial score (nSPS) is 68.8. The first-order valence-corrected chi connectivity index (χ1v) is 4.95. The van der Waals surface area contributed by atoms with Gasteiger partial charge in [-0.3, -0.25) is 4.79 Å². The van der Waals surface area contributed by atoms with E-state index in [9.17, 15) is 4.79 Å². The Morgan fingerprint density at radius 3 is 2.00 bits per heavy atom. The summed E-state index contributed by atoms with van der Waals surface area (Å²) >= 11 is 0. The van der Waals surface area contributed by atoms with Crippen LogP contribution in [0.15, 0.2) is 0 Å². The molecule has 0 aliphatic heterocycles. The molecule has 0 radical (unpaired) electrons. The summed E-state index contributed by atoms with van der Waals surface area (Å²) in [5.74, 6) is 1.99. The molecule has 0 bridgehead atoms. The highest BCUT2D eigenvalue weighted by Crippen LogP contribution is 2.92. The molecular weight excluding hydrogens is 152 g/mol. The maximum absolute atomic E-state index is 11.1. The van der Waals surface area contributed by atoms with Crippen LogP contribution in [0, 0.1) is 28.6 Å². The molecule has 2 atom stereocenters. The first-order chi connectivity index (χ1) is 5.72. The number of carboxylic acids is 1. The highest BCUT2D eigenvalue weighted by Gasteiger charge is 2.90. The van der Waals surface area contributed by atoms with Crippen molar-refractivity contribution in [2.24, 2.45) is 28.6 Å². The van der Waals surface area contributed by atoms with E-state index in [0.29, 0.717) is 5.41 Å². The average molecular weight is 164 g/mol. The summed E-state index contributed by atoms with van der Waals surface area (Å²) < 4.78 is 0. The second kappa shape index (κ2) is 1.24. The van der Waals surface area contributed by atoms with Gasteiger partial charge >= 0.3 is 5.97 Å². The van der Waals surface area contributed by atoms with E-state index >= 15 is 0 Å². The molecule has 4 aliphatic carbocycles. The number of carbonyl (C=O) groups is 1. The van der Waals surface area contributed by atoms with Crippen LogP contribution in [0.25, 0.3) is 0 Å². The molecule has 12 heavy (non-hydrogen) atoms. The molecule has 4 rings (SSSR count). The van der Waals surface area contributed by atoms with E-state index in [2.05, 4.69) is 0 Å². The highest BCUT2D eigenvalue weighted by molar-refractivity contribution is 5.81. The lowest BCUT2D eigenvalue weighted by molar-refractivity contribution is -0.417. The smallest absolute Gasteiger partial charge is 0.310 e. The van der Waals surface area contributed by atoms with Crippen LogP contribution in [0.4, 0.5) is 0 Å². The first kappa shape index (κ1) is 6.01. The van der Waals surface area contributed by atoms with Gasteiger partial charge in [0.2, 0.25) is 0 Å². The minimum Gasteiger partial charge on any atom is -0.481 e. The molecule has 4 fully saturated rings. The fourth-order valence-corrected chi connectivity index (χ4v) is 5.29. The quantitative estimate of drug-likeness (QED) is 0.637. The van der Waals surface area contributed by atoms with Crippen molar-refractivity contribution in [3.63, 3.8) is 0 Å². The third kappa shape index (κ3) is 0.267. The Bertz CT molecular complexity index is 281. The molecule has 0 saturated heterocycles. The second-order valence-corrected chi connectivity index (χ2v) is 5.29. The fraction of sp³-hybridized carbons (Fsp3) is 0.900. The van der Waals surface area contributed by atoms with Crippen molar-refractivity contribution in [3.05, 3.63) is 0 Å². The summed E-state index contributed by atoms with van der Waals surface area (Å²) in [4.78, 5) is 11.1. The number of hydrogen-bond acceptors (Lipinski definition) is 1. The topological polar surface area (TPSA) is 37.3 Å². The maximum Gasteiger partial charge on any atom is 0.310 e. The molecule has 1 spiro atoms. The predicted molar refractivity (Wildman–Crippen MR) is 41.4 cm³/mol. The first-order valence-electron chi connectivity index (χ1n) is 4.95. The van der Waals surface area contributed by atoms with E-state index in [1.165, 1.54) is 12.8 Å². The van der Waals surface area contributed by atoms with Crippen molar-refractivity contribution < 1.29 is 9.90 Å². The van der Waals surface area contributed by atoms with Gasteiger partial charge in [0.15, 0.2) is 0 Å². The van der Waals surface area contributed by atoms with Crippen molar-refractivity contribution in [2.75, 3.05) is 0 Å². The molecule has 0 amide bonds. The lowest BCUT2D eigenvalue weighted by Gasteiger charge is -2.89. The van der Waals surface area contributed by atoms with Gasteiger partial charge in [-0.1, -0.05) is 0 Å². The van der Waals surface area contributed by atoms with Gasteiger partial charge < -0.3 is 5.11 Å². The van der Waals surface area contributed by atoms with Crippen LogP contribution in [0.2, 0.25) is 0 Å². The molecule has 64 valence electrons. The Kier molecular flexibility index (Phi) is 0.623. The molecular formula is C10H12O2. The van der Waals surface area contributed by atoms with Crippen LogP contribution in [-0.2, 0) is 4.79 Å². The van der Waals surface area contributed by atoms with Crippen molar-refractivity contribution >= 4 is 5.97 Å². The predicted octanol–water partition coefficient (Wildman–Crippen LogP) is 1.51. The van der Waals surface area contributed by atoms with Crippen LogP contribution < -0.4 is 0 Å². The van der Waals surface area contributed by atoms with Crippen molar-refractivity contribution in [2.45, 2.75) is 25.7 Å². The molecule has 0 aromatic carbocycles. The van der Waals surface area contributed by atoms with Crippen LogP contribution in [0.5, 0.6) is 0 Å². The minimum atomic E-state index is -0.487. The SMILES string of the molecule is O=C(O)C12CC3CC4CC(C1)C432. The monoisotopic (exact) mass is 164 g/mol. The summed E-state index contributed by atoms with van der Waals surface area (Å²) in [5.41, 5.74) is 0.169. The molecule has 2 nitrogen and oxygen atoms in total. The molecule has 4 aliphatic rings. The highest BCUT2D eigenvalue weighted by atomic mass is 16.4. The Labute approximate surface area is 71.0 Å². The zero-order chi connectivity index (χ0) is 8.14. The molecule has 2 unspecified atom stereocenters. The van der Waals surface area contributed by atoms with E-state index in [0.717, 1.165) is 30.6 Å². The van der Waals surface area contributed by atoms with E-state index < -0.39 is 5.97 Å². The molecule has 0 aromatic heterocycles. The molecule has 1 N–H and O–H groups in total. The van der Waals surface area contributed by atoms with Crippen LogP contribution in [0.3, 0.4) is 0 Å². The van der Waals surface area contributed by atoms with Crippen molar-refractivity contribution in [3.8, 4) is 0 Å². The third-order valence-electron chi connectivity index (χ3n) is 5.59. The minimum absolute atomic E-state index is 0.205. The summed E-state index contributed by atoms with van der Waals surface area (Å²) in [6, 6.07) is 0. The van der Waals surface area contributed by atoms with Gasteiger partial charge in [-0.25, -0.2) is 0 Å². The van der Waals surface area contributed by atoms with Gasteiger partial charge in [0, 0.05) is 0 Å². The van der Waals surface area contributed by atoms with Crippen molar-refractivity contribution in [1.29, 1.82) is 0 Å². The summed E-state index contributed by atoms with van der Waals surface area (Å²) in [6.07, 6.45) is 4.72. The van der Waals surface area contributed by atoms with Crippen molar-refractivity contribution in [1.82, 2.24) is 0 Å². The Morgan fingerprint density at radius 1 is 1.17 bits per heavy atom. The zero-order valence-electron chi connectivity index (χ0n) is 6.92. The van der Waals surface area contributed by atoms with E-state index in [1.54, 1.807) is 0 Å². The number of rotatable bonds is 1. The lowest BCUT2D eigenvalue weighted by Crippen LogP contribution is -2.87. The van der Waals surface area contributed by atoms with E-state index in [4.69, 9.17) is 5.11 Å². The summed E-state index contributed by atoms with van der Waals surface area (Å²) in [7, 11) is 0. The molecule has 0 heterocycles. The zero-order valence-corrected chi connectivity index (χ0v) is 6.92. The Morgan fingerprint density at radius 2 is 1.75 bits per heavy atom. The number of carboxylic acid groups (broad SMARTS) is 1. The van der Waals surface area contributed by atoms with Gasteiger partial charge in [0.1, 0.15) is 0 Å². The standard InChI is InChI=1S/C10H12O2/c11-8(12)9-3-6-1-5-2-7(4-9)10(5,6)9/h5-7H,1-4H2,(H,11,12).